The van der Waals surface area contributed by atoms with Gasteiger partial charge in [0.05, 0.1) is 0 Å². The number of likely N-dealkylation sites (tertiary alicyclic amines) is 1. The fourth-order valence-electron chi connectivity index (χ4n) is 3.70. The molecule has 1 aliphatic rings. The molecule has 0 aliphatic carbocycles. The summed E-state index contributed by atoms with van der Waals surface area (Å²) >= 11 is 0. The lowest BCUT2D eigenvalue weighted by molar-refractivity contribution is -0.122. The molecule has 1 fully saturated rings. The van der Waals surface area contributed by atoms with E-state index < -0.39 is 5.60 Å². The van der Waals surface area contributed by atoms with Gasteiger partial charge in [-0.1, -0.05) is 37.3 Å². The Labute approximate surface area is 189 Å². The minimum Gasteiger partial charge on any atom is -0.483 e. The predicted molar refractivity (Wildman–Crippen MR) is 125 cm³/mol. The first-order valence-electron chi connectivity index (χ1n) is 10.9. The molecule has 2 aromatic rings. The van der Waals surface area contributed by atoms with Crippen molar-refractivity contribution in [3.05, 3.63) is 59.0 Å². The summed E-state index contributed by atoms with van der Waals surface area (Å²) in [6.45, 7) is 9.76. The van der Waals surface area contributed by atoms with Gasteiger partial charge in [-0.3, -0.25) is 9.59 Å². The van der Waals surface area contributed by atoms with Gasteiger partial charge >= 0.3 is 6.09 Å². The molecule has 7 heteroatoms. The van der Waals surface area contributed by atoms with Crippen LogP contribution in [0.4, 0.5) is 4.79 Å². The number of rotatable bonds is 4. The molecule has 32 heavy (non-hydrogen) atoms. The highest BCUT2D eigenvalue weighted by Crippen LogP contribution is 2.35. The first kappa shape index (κ1) is 25.2. The van der Waals surface area contributed by atoms with Gasteiger partial charge in [-0.05, 0) is 62.6 Å². The van der Waals surface area contributed by atoms with E-state index in [-0.39, 0.29) is 23.5 Å². The molecular weight excluding hydrogens is 408 g/mol. The molecule has 1 N–H and O–H groups in total. The van der Waals surface area contributed by atoms with Crippen LogP contribution in [0.3, 0.4) is 0 Å². The summed E-state index contributed by atoms with van der Waals surface area (Å²) < 4.78 is 7.27. The van der Waals surface area contributed by atoms with E-state index in [1.807, 2.05) is 63.4 Å². The highest BCUT2D eigenvalue weighted by molar-refractivity contribution is 5.68. The number of amides is 1. The SMILES string of the molecule is CC1(CCn2ccc(-c3ccccc3)cc2=O)CCN(C(=O)OC(C)(C)C)CC1.O=CO. The maximum Gasteiger partial charge on any atom is 0.410 e. The van der Waals surface area contributed by atoms with Crippen molar-refractivity contribution in [3.8, 4) is 11.1 Å². The lowest BCUT2D eigenvalue weighted by atomic mass is 9.77. The third-order valence-electron chi connectivity index (χ3n) is 5.68. The average Bonchev–Trinajstić information content (AvgIpc) is 2.73. The van der Waals surface area contributed by atoms with Crippen LogP contribution in [-0.2, 0) is 16.1 Å². The molecule has 0 unspecified atom stereocenters. The zero-order valence-corrected chi connectivity index (χ0v) is 19.4. The van der Waals surface area contributed by atoms with Crippen LogP contribution in [0.1, 0.15) is 47.0 Å². The van der Waals surface area contributed by atoms with E-state index in [2.05, 4.69) is 6.92 Å². The second-order valence-corrected chi connectivity index (χ2v) is 9.45. The zero-order chi connectivity index (χ0) is 23.8. The quantitative estimate of drug-likeness (QED) is 0.697. The van der Waals surface area contributed by atoms with Gasteiger partial charge in [0, 0.05) is 31.9 Å². The molecule has 174 valence electrons. The van der Waals surface area contributed by atoms with Crippen LogP contribution in [-0.4, -0.2) is 45.8 Å². The molecule has 1 aromatic carbocycles. The molecule has 1 amide bonds. The third kappa shape index (κ3) is 7.55. The van der Waals surface area contributed by atoms with Gasteiger partial charge in [0.2, 0.25) is 0 Å². The number of nitrogens with zero attached hydrogens (tertiary/aromatic N) is 2. The fraction of sp³-hybridized carbons (Fsp3) is 0.480. The zero-order valence-electron chi connectivity index (χ0n) is 19.4. The number of aromatic nitrogens is 1. The number of benzene rings is 1. The number of pyridine rings is 1. The van der Waals surface area contributed by atoms with Crippen molar-refractivity contribution >= 4 is 12.6 Å². The Morgan fingerprint density at radius 3 is 2.25 bits per heavy atom. The molecule has 0 saturated carbocycles. The number of carbonyl (C=O) groups excluding carboxylic acids is 1. The largest absolute Gasteiger partial charge is 0.483 e. The van der Waals surface area contributed by atoms with Gasteiger partial charge in [0.1, 0.15) is 5.60 Å². The van der Waals surface area contributed by atoms with Crippen molar-refractivity contribution in [2.24, 2.45) is 5.41 Å². The van der Waals surface area contributed by atoms with Crippen molar-refractivity contribution < 1.29 is 19.4 Å². The third-order valence-corrected chi connectivity index (χ3v) is 5.68. The van der Waals surface area contributed by atoms with Crippen LogP contribution in [0.15, 0.2) is 53.5 Å². The molecule has 1 aromatic heterocycles. The number of carbonyl (C=O) groups is 2. The van der Waals surface area contributed by atoms with Crippen molar-refractivity contribution in [2.45, 2.75) is 59.1 Å². The Bertz CT molecular complexity index is 939. The normalized spacial score (nSPS) is 15.3. The first-order chi connectivity index (χ1) is 15.1. The van der Waals surface area contributed by atoms with Crippen LogP contribution in [0, 0.1) is 5.41 Å². The van der Waals surface area contributed by atoms with Crippen LogP contribution >= 0.6 is 0 Å². The molecule has 0 bridgehead atoms. The Hall–Kier alpha value is -3.09. The Kier molecular flexibility index (Phi) is 8.63. The summed E-state index contributed by atoms with van der Waals surface area (Å²) in [7, 11) is 0. The van der Waals surface area contributed by atoms with Gasteiger partial charge in [0.15, 0.2) is 0 Å². The Morgan fingerprint density at radius 2 is 1.72 bits per heavy atom. The van der Waals surface area contributed by atoms with E-state index in [0.717, 1.165) is 30.4 Å². The lowest BCUT2D eigenvalue weighted by Crippen LogP contribution is -2.44. The standard InChI is InChI=1S/C24H32N2O3.CH2O2/c1-23(2,3)29-22(28)26-16-12-24(4,13-17-26)11-15-25-14-10-20(18-21(25)27)19-8-6-5-7-9-19;2-1-3/h5-10,14,18H,11-13,15-17H2,1-4H3;1H,(H,2,3). The van der Waals surface area contributed by atoms with Gasteiger partial charge in [-0.2, -0.15) is 0 Å². The van der Waals surface area contributed by atoms with Gasteiger partial charge in [-0.25, -0.2) is 4.79 Å². The van der Waals surface area contributed by atoms with Crippen molar-refractivity contribution in [1.29, 1.82) is 0 Å². The van der Waals surface area contributed by atoms with E-state index in [1.54, 1.807) is 15.5 Å². The number of piperidine rings is 1. The van der Waals surface area contributed by atoms with Gasteiger partial charge in [-0.15, -0.1) is 0 Å². The second-order valence-electron chi connectivity index (χ2n) is 9.45. The molecule has 0 atom stereocenters. The smallest absolute Gasteiger partial charge is 0.410 e. The van der Waals surface area contributed by atoms with Gasteiger partial charge < -0.3 is 19.3 Å². The molecular formula is C25H34N2O5. The summed E-state index contributed by atoms with van der Waals surface area (Å²) in [6.07, 6.45) is 4.42. The molecule has 0 radical (unpaired) electrons. The predicted octanol–water partition coefficient (Wildman–Crippen LogP) is 4.64. The number of ether oxygens (including phenoxy) is 1. The van der Waals surface area contributed by atoms with E-state index in [9.17, 15) is 9.59 Å². The van der Waals surface area contributed by atoms with Crippen molar-refractivity contribution in [2.75, 3.05) is 13.1 Å². The van der Waals surface area contributed by atoms with E-state index in [0.29, 0.717) is 19.6 Å². The van der Waals surface area contributed by atoms with Crippen LogP contribution in [0.25, 0.3) is 11.1 Å². The maximum atomic E-state index is 12.6. The molecule has 0 spiro atoms. The maximum absolute atomic E-state index is 12.6. The molecule has 2 heterocycles. The number of aryl methyl sites for hydroxylation is 1. The summed E-state index contributed by atoms with van der Waals surface area (Å²) in [5.74, 6) is 0. The molecule has 1 aliphatic heterocycles. The highest BCUT2D eigenvalue weighted by atomic mass is 16.6. The average molecular weight is 443 g/mol. The van der Waals surface area contributed by atoms with E-state index in [1.165, 1.54) is 0 Å². The number of hydrogen-bond acceptors (Lipinski definition) is 4. The van der Waals surface area contributed by atoms with Gasteiger partial charge in [0.25, 0.3) is 12.0 Å². The fourth-order valence-corrected chi connectivity index (χ4v) is 3.70. The van der Waals surface area contributed by atoms with Crippen molar-refractivity contribution in [3.63, 3.8) is 0 Å². The lowest BCUT2D eigenvalue weighted by Gasteiger charge is -2.40. The highest BCUT2D eigenvalue weighted by Gasteiger charge is 2.33. The monoisotopic (exact) mass is 442 g/mol. The van der Waals surface area contributed by atoms with Crippen LogP contribution in [0.2, 0.25) is 0 Å². The van der Waals surface area contributed by atoms with Crippen LogP contribution in [0.5, 0.6) is 0 Å². The van der Waals surface area contributed by atoms with E-state index >= 15 is 0 Å². The molecule has 1 saturated heterocycles. The Morgan fingerprint density at radius 1 is 1.12 bits per heavy atom. The molecule has 7 nitrogen and oxygen atoms in total. The number of hydrogen-bond donors (Lipinski definition) is 1. The Balaban J connectivity index is 0.00000114. The summed E-state index contributed by atoms with van der Waals surface area (Å²) in [4.78, 5) is 35.0. The van der Waals surface area contributed by atoms with Crippen LogP contribution < -0.4 is 5.56 Å². The van der Waals surface area contributed by atoms with Crippen molar-refractivity contribution in [1.82, 2.24) is 9.47 Å². The minimum atomic E-state index is -0.467. The molecule has 3 rings (SSSR count). The summed E-state index contributed by atoms with van der Waals surface area (Å²) in [5, 5.41) is 6.89. The number of carboxylic acid groups (broad SMARTS) is 1. The summed E-state index contributed by atoms with van der Waals surface area (Å²) in [5.41, 5.74) is 1.68. The first-order valence-corrected chi connectivity index (χ1v) is 10.9. The topological polar surface area (TPSA) is 88.8 Å². The minimum absolute atomic E-state index is 0.0288. The van der Waals surface area contributed by atoms with E-state index in [4.69, 9.17) is 14.6 Å². The second kappa shape index (κ2) is 11.0. The summed E-state index contributed by atoms with van der Waals surface area (Å²) in [6, 6.07) is 13.7.